The molecule has 0 aromatic heterocycles. The summed E-state index contributed by atoms with van der Waals surface area (Å²) in [6.07, 6.45) is 4.37. The maximum atomic E-state index is 12.7. The van der Waals surface area contributed by atoms with E-state index in [1.54, 1.807) is 0 Å². The van der Waals surface area contributed by atoms with Gasteiger partial charge in [-0.15, -0.1) is 0 Å². The van der Waals surface area contributed by atoms with Crippen molar-refractivity contribution in [3.8, 4) is 0 Å². The molecular formula is C19H26N4O2. The van der Waals surface area contributed by atoms with E-state index in [4.69, 9.17) is 0 Å². The lowest BCUT2D eigenvalue weighted by Crippen LogP contribution is -2.57. The number of amides is 3. The number of carbonyl (C=O) groups excluding carboxylic acids is 2. The standard InChI is InChI=1S/C19H26N4O2/c1-13-11-22-9-3-6-17(22)12-23(13)19(25)21-16-5-2-4-15(10-16)20-18(24)14-7-8-14/h2,4-5,10,13-14,17H,3,6-9,11-12H2,1H3,(H,20,24)(H,21,25). The summed E-state index contributed by atoms with van der Waals surface area (Å²) in [6.45, 7) is 5.02. The Balaban J connectivity index is 1.39. The summed E-state index contributed by atoms with van der Waals surface area (Å²) in [7, 11) is 0. The molecular weight excluding hydrogens is 316 g/mol. The lowest BCUT2D eigenvalue weighted by atomic mass is 10.1. The molecule has 3 fully saturated rings. The summed E-state index contributed by atoms with van der Waals surface area (Å²) in [4.78, 5) is 29.1. The molecule has 134 valence electrons. The molecule has 2 saturated heterocycles. The second-order valence-electron chi connectivity index (χ2n) is 7.57. The fraction of sp³-hybridized carbons (Fsp3) is 0.579. The van der Waals surface area contributed by atoms with Gasteiger partial charge in [-0.2, -0.15) is 0 Å². The van der Waals surface area contributed by atoms with Gasteiger partial charge in [-0.05, 0) is 57.4 Å². The van der Waals surface area contributed by atoms with Gasteiger partial charge in [-0.3, -0.25) is 9.69 Å². The van der Waals surface area contributed by atoms with Gasteiger partial charge < -0.3 is 15.5 Å². The molecule has 1 saturated carbocycles. The second kappa shape index (κ2) is 6.67. The average molecular weight is 342 g/mol. The molecule has 2 unspecified atom stereocenters. The second-order valence-corrected chi connectivity index (χ2v) is 7.57. The van der Waals surface area contributed by atoms with Crippen molar-refractivity contribution in [1.29, 1.82) is 0 Å². The van der Waals surface area contributed by atoms with E-state index in [1.165, 1.54) is 12.8 Å². The van der Waals surface area contributed by atoms with Gasteiger partial charge in [0, 0.05) is 42.5 Å². The predicted octanol–water partition coefficient (Wildman–Crippen LogP) is 2.74. The van der Waals surface area contributed by atoms with Gasteiger partial charge in [0.1, 0.15) is 0 Å². The summed E-state index contributed by atoms with van der Waals surface area (Å²) in [5.74, 6) is 0.247. The zero-order valence-corrected chi connectivity index (χ0v) is 14.7. The van der Waals surface area contributed by atoms with Crippen molar-refractivity contribution in [3.05, 3.63) is 24.3 Å². The number of carbonyl (C=O) groups is 2. The zero-order valence-electron chi connectivity index (χ0n) is 14.7. The number of benzene rings is 1. The SMILES string of the molecule is CC1CN2CCCC2CN1C(=O)Nc1cccc(NC(=O)C2CC2)c1. The fourth-order valence-electron chi connectivity index (χ4n) is 3.93. The van der Waals surface area contributed by atoms with E-state index < -0.39 is 0 Å². The lowest BCUT2D eigenvalue weighted by molar-refractivity contribution is -0.117. The number of piperazine rings is 1. The van der Waals surface area contributed by atoms with Crippen LogP contribution in [0.5, 0.6) is 0 Å². The maximum absolute atomic E-state index is 12.7. The molecule has 1 aromatic rings. The molecule has 2 N–H and O–H groups in total. The van der Waals surface area contributed by atoms with Gasteiger partial charge in [-0.1, -0.05) is 6.07 Å². The summed E-state index contributed by atoms with van der Waals surface area (Å²) in [5.41, 5.74) is 1.46. The molecule has 1 aliphatic carbocycles. The molecule has 2 atom stereocenters. The van der Waals surface area contributed by atoms with Crippen molar-refractivity contribution in [1.82, 2.24) is 9.80 Å². The molecule has 1 aromatic carbocycles. The Morgan fingerprint density at radius 1 is 1.08 bits per heavy atom. The Morgan fingerprint density at radius 2 is 1.84 bits per heavy atom. The van der Waals surface area contributed by atoms with E-state index in [-0.39, 0.29) is 23.9 Å². The highest BCUT2D eigenvalue weighted by Gasteiger charge is 2.36. The number of hydrogen-bond acceptors (Lipinski definition) is 3. The molecule has 25 heavy (non-hydrogen) atoms. The Hall–Kier alpha value is -2.08. The van der Waals surface area contributed by atoms with Gasteiger partial charge in [0.05, 0.1) is 0 Å². The number of nitrogens with one attached hydrogen (secondary N) is 2. The monoisotopic (exact) mass is 342 g/mol. The maximum Gasteiger partial charge on any atom is 0.322 e. The van der Waals surface area contributed by atoms with Crippen molar-refractivity contribution in [2.24, 2.45) is 5.92 Å². The number of rotatable bonds is 3. The van der Waals surface area contributed by atoms with Crippen LogP contribution >= 0.6 is 0 Å². The Morgan fingerprint density at radius 3 is 2.60 bits per heavy atom. The zero-order chi connectivity index (χ0) is 17.4. The van der Waals surface area contributed by atoms with Crippen molar-refractivity contribution in [2.45, 2.75) is 44.7 Å². The number of anilines is 2. The van der Waals surface area contributed by atoms with Crippen LogP contribution in [-0.4, -0.2) is 53.5 Å². The highest BCUT2D eigenvalue weighted by Crippen LogP contribution is 2.30. The normalized spacial score (nSPS) is 26.2. The van der Waals surface area contributed by atoms with Gasteiger partial charge in [0.15, 0.2) is 0 Å². The molecule has 6 nitrogen and oxygen atoms in total. The fourth-order valence-corrected chi connectivity index (χ4v) is 3.93. The Kier molecular flexibility index (Phi) is 4.37. The molecule has 3 aliphatic rings. The third-order valence-corrected chi connectivity index (χ3v) is 5.53. The minimum absolute atomic E-state index is 0.0512. The van der Waals surface area contributed by atoms with Crippen LogP contribution in [0.25, 0.3) is 0 Å². The highest BCUT2D eigenvalue weighted by atomic mass is 16.2. The van der Waals surface area contributed by atoms with Crippen LogP contribution in [0, 0.1) is 5.92 Å². The van der Waals surface area contributed by atoms with Crippen molar-refractivity contribution >= 4 is 23.3 Å². The molecule has 3 amide bonds. The highest BCUT2D eigenvalue weighted by molar-refractivity contribution is 5.95. The summed E-state index contributed by atoms with van der Waals surface area (Å²) in [6, 6.07) is 8.07. The minimum atomic E-state index is -0.0512. The number of urea groups is 1. The third-order valence-electron chi connectivity index (χ3n) is 5.53. The first kappa shape index (κ1) is 16.4. The van der Waals surface area contributed by atoms with E-state index in [0.29, 0.717) is 6.04 Å². The predicted molar refractivity (Wildman–Crippen MR) is 97.6 cm³/mol. The number of fused-ring (bicyclic) bond motifs is 1. The largest absolute Gasteiger partial charge is 0.326 e. The number of hydrogen-bond donors (Lipinski definition) is 2. The van der Waals surface area contributed by atoms with Crippen LogP contribution in [0.3, 0.4) is 0 Å². The smallest absolute Gasteiger partial charge is 0.322 e. The molecule has 4 rings (SSSR count). The van der Waals surface area contributed by atoms with Crippen molar-refractivity contribution in [2.75, 3.05) is 30.3 Å². The average Bonchev–Trinajstić information content (AvgIpc) is 3.34. The van der Waals surface area contributed by atoms with E-state index >= 15 is 0 Å². The molecule has 2 heterocycles. The lowest BCUT2D eigenvalue weighted by Gasteiger charge is -2.42. The Bertz CT molecular complexity index is 673. The first-order valence-electron chi connectivity index (χ1n) is 9.33. The van der Waals surface area contributed by atoms with Crippen LogP contribution in [0.4, 0.5) is 16.2 Å². The molecule has 0 bridgehead atoms. The molecule has 2 aliphatic heterocycles. The quantitative estimate of drug-likeness (QED) is 0.888. The van der Waals surface area contributed by atoms with Crippen LogP contribution in [0.15, 0.2) is 24.3 Å². The topological polar surface area (TPSA) is 64.7 Å². The van der Waals surface area contributed by atoms with Crippen LogP contribution in [0.1, 0.15) is 32.6 Å². The van der Waals surface area contributed by atoms with E-state index in [0.717, 1.165) is 43.9 Å². The van der Waals surface area contributed by atoms with E-state index in [9.17, 15) is 9.59 Å². The van der Waals surface area contributed by atoms with Gasteiger partial charge >= 0.3 is 6.03 Å². The van der Waals surface area contributed by atoms with Crippen LogP contribution < -0.4 is 10.6 Å². The molecule has 0 radical (unpaired) electrons. The van der Waals surface area contributed by atoms with Crippen molar-refractivity contribution in [3.63, 3.8) is 0 Å². The minimum Gasteiger partial charge on any atom is -0.326 e. The summed E-state index contributed by atoms with van der Waals surface area (Å²) < 4.78 is 0. The summed E-state index contributed by atoms with van der Waals surface area (Å²) >= 11 is 0. The van der Waals surface area contributed by atoms with Gasteiger partial charge in [0.25, 0.3) is 0 Å². The summed E-state index contributed by atoms with van der Waals surface area (Å²) in [5, 5.41) is 5.92. The van der Waals surface area contributed by atoms with Gasteiger partial charge in [0.2, 0.25) is 5.91 Å². The van der Waals surface area contributed by atoms with E-state index in [1.807, 2.05) is 29.2 Å². The van der Waals surface area contributed by atoms with Crippen molar-refractivity contribution < 1.29 is 9.59 Å². The first-order chi connectivity index (χ1) is 12.1. The third kappa shape index (κ3) is 3.63. The van der Waals surface area contributed by atoms with Gasteiger partial charge in [-0.25, -0.2) is 4.79 Å². The molecule has 0 spiro atoms. The first-order valence-corrected chi connectivity index (χ1v) is 9.33. The number of nitrogens with zero attached hydrogens (tertiary/aromatic N) is 2. The van der Waals surface area contributed by atoms with E-state index in [2.05, 4.69) is 22.5 Å². The van der Waals surface area contributed by atoms with Crippen LogP contribution in [0.2, 0.25) is 0 Å². The molecule has 6 heteroatoms. The van der Waals surface area contributed by atoms with Crippen LogP contribution in [-0.2, 0) is 4.79 Å². The Labute approximate surface area is 148 Å².